The lowest BCUT2D eigenvalue weighted by Crippen LogP contribution is -3.00. The molecule has 0 bridgehead atoms. The van der Waals surface area contributed by atoms with Gasteiger partial charge < -0.3 is 38.4 Å². The van der Waals surface area contributed by atoms with E-state index in [-0.39, 0.29) is 29.4 Å². The molecule has 0 unspecified atom stereocenters. The molecule has 0 aliphatic rings. The Balaban J connectivity index is -0.000000250. The lowest BCUT2D eigenvalue weighted by Gasteiger charge is -2.23. The van der Waals surface area contributed by atoms with Crippen LogP contribution in [-0.4, -0.2) is 64.3 Å². The summed E-state index contributed by atoms with van der Waals surface area (Å²) >= 11 is 0. The Labute approximate surface area is 235 Å². The van der Waals surface area contributed by atoms with Gasteiger partial charge in [-0.2, -0.15) is 0 Å². The molecular weight excluding hydrogens is 504 g/mol. The lowest BCUT2D eigenvalue weighted by atomic mass is 10.1. The molecule has 0 aromatic carbocycles. The Bertz CT molecular complexity index is 317. The third kappa shape index (κ3) is 46.1. The van der Waals surface area contributed by atoms with Crippen LogP contribution in [0.15, 0.2) is 0 Å². The molecule has 2 nitrogen and oxygen atoms in total. The van der Waals surface area contributed by atoms with E-state index in [0.29, 0.717) is 0 Å². The molecule has 0 aliphatic carbocycles. The first kappa shape index (κ1) is 41.8. The van der Waals surface area contributed by atoms with E-state index in [4.69, 9.17) is 0 Å². The van der Waals surface area contributed by atoms with Crippen LogP contribution in [0, 0.1) is 0 Å². The van der Waals surface area contributed by atoms with Gasteiger partial charge in [0.15, 0.2) is 0 Å². The van der Waals surface area contributed by atoms with Gasteiger partial charge in [-0.05, 0) is 25.7 Å². The Hall–Kier alpha value is 0.690. The largest absolute Gasteiger partial charge is 1.00 e. The lowest BCUT2D eigenvalue weighted by molar-refractivity contribution is -0.870. The standard InChI is InChI=1S/2C15H34N.BrH.ClH/c2*1-5-6-7-8-9-10-11-12-13-14-15-16(2,3)4;;/h2*5-15H2,1-4H3;2*1H/q2*+1;;/p-2. The van der Waals surface area contributed by atoms with Crippen molar-refractivity contribution in [2.24, 2.45) is 0 Å². The summed E-state index contributed by atoms with van der Waals surface area (Å²) in [6, 6.07) is 0. The molecule has 0 N–H and O–H groups in total. The zero-order chi connectivity index (χ0) is 24.6. The molecule has 0 amide bonds. The van der Waals surface area contributed by atoms with E-state index in [1.165, 1.54) is 142 Å². The quantitative estimate of drug-likeness (QED) is 0.138. The van der Waals surface area contributed by atoms with Crippen molar-refractivity contribution in [1.82, 2.24) is 0 Å². The molecule has 0 spiro atoms. The second-order valence-corrected chi connectivity index (χ2v) is 12.4. The van der Waals surface area contributed by atoms with Gasteiger partial charge in [0, 0.05) is 0 Å². The first-order valence-electron chi connectivity index (χ1n) is 14.7. The van der Waals surface area contributed by atoms with Gasteiger partial charge in [-0.15, -0.1) is 0 Å². The number of unbranched alkanes of at least 4 members (excludes halogenated alkanes) is 18. The van der Waals surface area contributed by atoms with Crippen LogP contribution in [0.25, 0.3) is 0 Å². The van der Waals surface area contributed by atoms with Gasteiger partial charge in [-0.25, -0.2) is 0 Å². The van der Waals surface area contributed by atoms with Crippen LogP contribution >= 0.6 is 0 Å². The third-order valence-electron chi connectivity index (χ3n) is 6.36. The van der Waals surface area contributed by atoms with Crippen molar-refractivity contribution in [3.63, 3.8) is 0 Å². The summed E-state index contributed by atoms with van der Waals surface area (Å²) < 4.78 is 2.24. The van der Waals surface area contributed by atoms with Gasteiger partial charge in [0.05, 0.1) is 55.4 Å². The summed E-state index contributed by atoms with van der Waals surface area (Å²) in [5, 5.41) is 0. The Morgan fingerprint density at radius 1 is 0.324 bits per heavy atom. The zero-order valence-corrected chi connectivity index (χ0v) is 27.5. The van der Waals surface area contributed by atoms with Gasteiger partial charge in [0.25, 0.3) is 0 Å². The highest BCUT2D eigenvalue weighted by molar-refractivity contribution is 4.48. The maximum absolute atomic E-state index is 2.29. The molecule has 0 radical (unpaired) electrons. The fourth-order valence-corrected chi connectivity index (χ4v) is 4.15. The van der Waals surface area contributed by atoms with E-state index in [1.807, 2.05) is 0 Å². The molecule has 4 heteroatoms. The van der Waals surface area contributed by atoms with Crippen molar-refractivity contribution >= 4 is 0 Å². The van der Waals surface area contributed by atoms with Crippen LogP contribution in [0.4, 0.5) is 0 Å². The highest BCUT2D eigenvalue weighted by atomic mass is 79.9. The van der Waals surface area contributed by atoms with Crippen LogP contribution in [0.1, 0.15) is 142 Å². The van der Waals surface area contributed by atoms with Crippen molar-refractivity contribution in [2.45, 2.75) is 142 Å². The van der Waals surface area contributed by atoms with Crippen LogP contribution in [0.3, 0.4) is 0 Å². The van der Waals surface area contributed by atoms with Crippen molar-refractivity contribution in [2.75, 3.05) is 55.4 Å². The minimum Gasteiger partial charge on any atom is -1.00 e. The minimum atomic E-state index is 0. The average Bonchev–Trinajstić information content (AvgIpc) is 2.70. The highest BCUT2D eigenvalue weighted by Crippen LogP contribution is 2.12. The summed E-state index contributed by atoms with van der Waals surface area (Å²) in [6.07, 6.45) is 28.8. The number of hydrogen-bond acceptors (Lipinski definition) is 0. The maximum atomic E-state index is 2.29. The van der Waals surface area contributed by atoms with Gasteiger partial charge in [-0.3, -0.25) is 0 Å². The van der Waals surface area contributed by atoms with Gasteiger partial charge >= 0.3 is 0 Å². The molecule has 0 saturated carbocycles. The number of halogens is 2. The number of rotatable bonds is 22. The molecule has 0 heterocycles. The second-order valence-electron chi connectivity index (χ2n) is 12.4. The number of hydrogen-bond donors (Lipinski definition) is 0. The predicted molar refractivity (Wildman–Crippen MR) is 149 cm³/mol. The van der Waals surface area contributed by atoms with Crippen molar-refractivity contribution in [3.8, 4) is 0 Å². The second kappa shape index (κ2) is 29.9. The topological polar surface area (TPSA) is 0 Å². The molecule has 0 rings (SSSR count). The Kier molecular flexibility index (Phi) is 36.8. The molecule has 0 fully saturated rings. The van der Waals surface area contributed by atoms with E-state index >= 15 is 0 Å². The van der Waals surface area contributed by atoms with E-state index in [9.17, 15) is 0 Å². The summed E-state index contributed by atoms with van der Waals surface area (Å²) in [4.78, 5) is 0. The summed E-state index contributed by atoms with van der Waals surface area (Å²) in [7, 11) is 13.7. The SMILES string of the molecule is CCCCCCCCCCCC[N+](C)(C)C.CCCCCCCCCCCC[N+](C)(C)C.[Br-].[Cl-]. The molecule has 0 aromatic heterocycles. The normalized spacial score (nSPS) is 11.3. The first-order valence-corrected chi connectivity index (χ1v) is 14.7. The van der Waals surface area contributed by atoms with Gasteiger partial charge in [0.1, 0.15) is 0 Å². The van der Waals surface area contributed by atoms with E-state index < -0.39 is 0 Å². The molecule has 0 atom stereocenters. The Morgan fingerprint density at radius 3 is 0.676 bits per heavy atom. The molecule has 0 aromatic rings. The summed E-state index contributed by atoms with van der Waals surface area (Å²) in [5.41, 5.74) is 0. The summed E-state index contributed by atoms with van der Waals surface area (Å²) in [6.45, 7) is 7.23. The third-order valence-corrected chi connectivity index (χ3v) is 6.36. The van der Waals surface area contributed by atoms with Gasteiger partial charge in [0.2, 0.25) is 0 Å². The van der Waals surface area contributed by atoms with Crippen LogP contribution < -0.4 is 29.4 Å². The first-order chi connectivity index (χ1) is 15.1. The van der Waals surface area contributed by atoms with E-state index in [1.54, 1.807) is 0 Å². The molecule has 34 heavy (non-hydrogen) atoms. The molecule has 0 aliphatic heterocycles. The summed E-state index contributed by atoms with van der Waals surface area (Å²) in [5.74, 6) is 0. The smallest absolute Gasteiger partial charge is 0.0780 e. The molecule has 0 saturated heterocycles. The zero-order valence-electron chi connectivity index (χ0n) is 25.2. The number of quaternary nitrogens is 2. The van der Waals surface area contributed by atoms with Crippen molar-refractivity contribution in [3.05, 3.63) is 0 Å². The monoisotopic (exact) mass is 570 g/mol. The Morgan fingerprint density at radius 2 is 0.500 bits per heavy atom. The van der Waals surface area contributed by atoms with Crippen LogP contribution in [0.2, 0.25) is 0 Å². The van der Waals surface area contributed by atoms with Gasteiger partial charge in [-0.1, -0.05) is 117 Å². The fourth-order valence-electron chi connectivity index (χ4n) is 4.15. The molecule has 212 valence electrons. The van der Waals surface area contributed by atoms with Crippen LogP contribution in [0.5, 0.6) is 0 Å². The number of nitrogens with zero attached hydrogens (tertiary/aromatic N) is 2. The van der Waals surface area contributed by atoms with E-state index in [0.717, 1.165) is 8.97 Å². The van der Waals surface area contributed by atoms with Crippen LogP contribution in [-0.2, 0) is 0 Å². The van der Waals surface area contributed by atoms with E-state index in [2.05, 4.69) is 56.1 Å². The fraction of sp³-hybridized carbons (Fsp3) is 1.00. The van der Waals surface area contributed by atoms with Crippen molar-refractivity contribution < 1.29 is 38.4 Å². The maximum Gasteiger partial charge on any atom is 0.0780 e. The van der Waals surface area contributed by atoms with Crippen molar-refractivity contribution in [1.29, 1.82) is 0 Å². The minimum absolute atomic E-state index is 0. The predicted octanol–water partition coefficient (Wildman–Crippen LogP) is 3.24. The average molecular weight is 572 g/mol. The highest BCUT2D eigenvalue weighted by Gasteiger charge is 2.05. The molecular formula is C30H68BrClN2.